The summed E-state index contributed by atoms with van der Waals surface area (Å²) in [7, 11) is 0. The number of β-amino-alcohol motifs (C(OH)–C–C–N with tert-alkyl or cyclic N) is 1. The molecular formula is C48H49N9O5S. The summed E-state index contributed by atoms with van der Waals surface area (Å²) in [4.78, 5) is 46.8. The lowest BCUT2D eigenvalue weighted by atomic mass is 9.89. The van der Waals surface area contributed by atoms with Crippen molar-refractivity contribution < 1.29 is 24.3 Å². The Hall–Kier alpha value is -6.58. The monoisotopic (exact) mass is 863 g/mol. The third kappa shape index (κ3) is 8.62. The topological polar surface area (TPSA) is 184 Å². The lowest BCUT2D eigenvalue weighted by molar-refractivity contribution is -0.141. The fourth-order valence-electron chi connectivity index (χ4n) is 8.87. The van der Waals surface area contributed by atoms with Crippen LogP contribution < -0.4 is 10.2 Å². The molecular weight excluding hydrogens is 815 g/mol. The number of benzene rings is 3. The van der Waals surface area contributed by atoms with Gasteiger partial charge in [-0.25, -0.2) is 15.0 Å². The molecule has 0 aliphatic carbocycles. The number of rotatable bonds is 11. The molecule has 3 aromatic carbocycles. The highest BCUT2D eigenvalue weighted by molar-refractivity contribution is 7.13. The minimum Gasteiger partial charge on any atom is -0.507 e. The van der Waals surface area contributed by atoms with Crippen molar-refractivity contribution in [1.29, 1.82) is 0 Å². The van der Waals surface area contributed by atoms with Gasteiger partial charge in [0.05, 0.1) is 45.1 Å². The standard InChI is InChI=1S/C48H49N9O5S/c1-27(2)44(47(61)57-25-35(58)23-41(57)46(60)51-28(3)30-9-11-32(12-10-30)45-29(4)50-26-63-45)43-24-40(55-62-43)38-15-18-49-48(52-38)56-19-16-31(17-20-56)33-13-14-37-34(21-33)22-39(54-53-37)36-7-5-6-8-42(36)59/h5-15,18,21-22,24,26-28,31,35,41,44,58-59H,16-17,19-20,23,25H2,1-4H3,(H,51,60)/t28-,35+,41-,44+/m0/s1. The number of aromatic hydroxyl groups is 1. The molecule has 322 valence electrons. The third-order valence-corrected chi connectivity index (χ3v) is 13.3. The van der Waals surface area contributed by atoms with Gasteiger partial charge in [-0.05, 0) is 91.6 Å². The molecule has 4 atom stereocenters. The largest absolute Gasteiger partial charge is 0.507 e. The van der Waals surface area contributed by atoms with Crippen molar-refractivity contribution in [3.63, 3.8) is 0 Å². The van der Waals surface area contributed by atoms with Gasteiger partial charge in [0.2, 0.25) is 17.8 Å². The van der Waals surface area contributed by atoms with Gasteiger partial charge in [0, 0.05) is 49.3 Å². The molecule has 0 bridgehead atoms. The van der Waals surface area contributed by atoms with E-state index in [-0.39, 0.29) is 42.5 Å². The van der Waals surface area contributed by atoms with Crippen LogP contribution in [-0.4, -0.2) is 89.0 Å². The normalized spacial score (nSPS) is 17.9. The molecule has 2 fully saturated rings. The number of carbonyl (C=O) groups is 2. The molecule has 0 saturated carbocycles. The molecule has 15 heteroatoms. The van der Waals surface area contributed by atoms with E-state index < -0.39 is 18.1 Å². The van der Waals surface area contributed by atoms with Gasteiger partial charge in [-0.3, -0.25) is 9.59 Å². The quantitative estimate of drug-likeness (QED) is 0.115. The smallest absolute Gasteiger partial charge is 0.243 e. The number of nitrogens with zero attached hydrogens (tertiary/aromatic N) is 8. The lowest BCUT2D eigenvalue weighted by Gasteiger charge is -2.32. The van der Waals surface area contributed by atoms with Crippen molar-refractivity contribution in [2.45, 2.75) is 77.0 Å². The first-order valence-electron chi connectivity index (χ1n) is 21.4. The molecule has 2 amide bonds. The van der Waals surface area contributed by atoms with Crippen LogP contribution in [0.4, 0.5) is 5.95 Å². The van der Waals surface area contributed by atoms with E-state index >= 15 is 0 Å². The molecule has 63 heavy (non-hydrogen) atoms. The van der Waals surface area contributed by atoms with E-state index in [0.29, 0.717) is 40.3 Å². The van der Waals surface area contributed by atoms with Crippen LogP contribution in [0.15, 0.2) is 101 Å². The number of phenols is 1. The number of aryl methyl sites for hydroxylation is 1. The summed E-state index contributed by atoms with van der Waals surface area (Å²) < 4.78 is 5.87. The average Bonchev–Trinajstić information content (AvgIpc) is 4.06. The number of aromatic nitrogens is 6. The van der Waals surface area contributed by atoms with Gasteiger partial charge >= 0.3 is 0 Å². The fourth-order valence-corrected chi connectivity index (χ4v) is 9.68. The number of anilines is 1. The second-order valence-electron chi connectivity index (χ2n) is 16.9. The van der Waals surface area contributed by atoms with Gasteiger partial charge in [-0.2, -0.15) is 0 Å². The predicted molar refractivity (Wildman–Crippen MR) is 241 cm³/mol. The number of para-hydroxylation sites is 1. The molecule has 4 aromatic heterocycles. The lowest BCUT2D eigenvalue weighted by Crippen LogP contribution is -2.48. The molecule has 2 aliphatic heterocycles. The first kappa shape index (κ1) is 41.8. The summed E-state index contributed by atoms with van der Waals surface area (Å²) in [6.07, 6.45) is 2.82. The summed E-state index contributed by atoms with van der Waals surface area (Å²) >= 11 is 1.59. The molecule has 14 nitrogen and oxygen atoms in total. The maximum atomic E-state index is 14.4. The number of likely N-dealkylation sites (tertiary alicyclic amines) is 1. The Morgan fingerprint density at radius 2 is 1.70 bits per heavy atom. The Balaban J connectivity index is 0.851. The molecule has 9 rings (SSSR count). The van der Waals surface area contributed by atoms with Crippen LogP contribution in [-0.2, 0) is 9.59 Å². The number of amides is 2. The van der Waals surface area contributed by atoms with Crippen molar-refractivity contribution in [3.8, 4) is 38.8 Å². The molecule has 6 heterocycles. The number of nitrogens with one attached hydrogen (secondary N) is 1. The van der Waals surface area contributed by atoms with E-state index in [0.717, 1.165) is 58.5 Å². The van der Waals surface area contributed by atoms with Crippen LogP contribution in [0, 0.1) is 12.8 Å². The number of piperidine rings is 1. The van der Waals surface area contributed by atoms with Gasteiger partial charge in [0.1, 0.15) is 29.2 Å². The number of thiazole rings is 1. The zero-order chi connectivity index (χ0) is 43.8. The van der Waals surface area contributed by atoms with E-state index in [1.807, 2.05) is 81.7 Å². The number of carbonyl (C=O) groups excluding carboxylic acids is 2. The average molecular weight is 864 g/mol. The molecule has 7 aromatic rings. The SMILES string of the molecule is Cc1ncsc1-c1ccc([C@H](C)NC(=O)[C@@H]2C[C@@H](O)CN2C(=O)[C@@H](c2cc(-c3ccnc(N4CCC(c5ccc6nnc(-c7ccccc7O)cc6c5)CC4)n3)no2)C(C)C)cc1. The maximum absolute atomic E-state index is 14.4. The van der Waals surface area contributed by atoms with Crippen LogP contribution >= 0.6 is 11.3 Å². The Kier molecular flexibility index (Phi) is 11.7. The Morgan fingerprint density at radius 1 is 0.905 bits per heavy atom. The summed E-state index contributed by atoms with van der Waals surface area (Å²) in [6, 6.07) is 25.8. The van der Waals surface area contributed by atoms with Crippen molar-refractivity contribution in [2.75, 3.05) is 24.5 Å². The van der Waals surface area contributed by atoms with Crippen molar-refractivity contribution in [1.82, 2.24) is 40.5 Å². The van der Waals surface area contributed by atoms with Crippen LogP contribution in [0.3, 0.4) is 0 Å². The van der Waals surface area contributed by atoms with Crippen molar-refractivity contribution in [3.05, 3.63) is 119 Å². The Labute approximate surface area is 369 Å². The highest BCUT2D eigenvalue weighted by Crippen LogP contribution is 2.36. The van der Waals surface area contributed by atoms with E-state index in [1.165, 1.54) is 10.5 Å². The zero-order valence-electron chi connectivity index (χ0n) is 35.5. The molecule has 0 spiro atoms. The Bertz CT molecular complexity index is 2760. The first-order valence-corrected chi connectivity index (χ1v) is 22.3. The van der Waals surface area contributed by atoms with Crippen LogP contribution in [0.5, 0.6) is 5.75 Å². The highest BCUT2D eigenvalue weighted by Gasteiger charge is 2.43. The van der Waals surface area contributed by atoms with Gasteiger partial charge in [-0.15, -0.1) is 21.5 Å². The van der Waals surface area contributed by atoms with E-state index in [4.69, 9.17) is 9.51 Å². The summed E-state index contributed by atoms with van der Waals surface area (Å²) in [5, 5.41) is 38.3. The molecule has 0 radical (unpaired) electrons. The number of aliphatic hydroxyl groups excluding tert-OH is 1. The van der Waals surface area contributed by atoms with Crippen LogP contribution in [0.25, 0.3) is 44.0 Å². The van der Waals surface area contributed by atoms with Gasteiger partial charge in [0.15, 0.2) is 0 Å². The number of hydrogen-bond donors (Lipinski definition) is 3. The Morgan fingerprint density at radius 3 is 2.44 bits per heavy atom. The van der Waals surface area contributed by atoms with E-state index in [2.05, 4.69) is 47.7 Å². The van der Waals surface area contributed by atoms with Gasteiger partial charge in [0.25, 0.3) is 0 Å². The first-order chi connectivity index (χ1) is 30.5. The van der Waals surface area contributed by atoms with Crippen LogP contribution in [0.1, 0.15) is 80.5 Å². The molecule has 3 N–H and O–H groups in total. The molecule has 2 saturated heterocycles. The summed E-state index contributed by atoms with van der Waals surface area (Å²) in [5.41, 5.74) is 9.15. The highest BCUT2D eigenvalue weighted by atomic mass is 32.1. The second-order valence-corrected chi connectivity index (χ2v) is 17.8. The fraction of sp³-hybridized carbons (Fsp3) is 0.333. The number of phenolic OH excluding ortho intramolecular Hbond substituents is 1. The summed E-state index contributed by atoms with van der Waals surface area (Å²) in [5.74, 6) is -0.104. The number of aliphatic hydroxyl groups is 1. The second kappa shape index (κ2) is 17.7. The molecule has 0 unspecified atom stereocenters. The molecule has 2 aliphatic rings. The van der Waals surface area contributed by atoms with Crippen molar-refractivity contribution in [2.24, 2.45) is 5.92 Å². The minimum absolute atomic E-state index is 0.0422. The summed E-state index contributed by atoms with van der Waals surface area (Å²) in [6.45, 7) is 9.31. The van der Waals surface area contributed by atoms with Gasteiger partial charge < -0.3 is 29.9 Å². The van der Waals surface area contributed by atoms with E-state index in [9.17, 15) is 19.8 Å². The zero-order valence-corrected chi connectivity index (χ0v) is 36.4. The maximum Gasteiger partial charge on any atom is 0.243 e. The van der Waals surface area contributed by atoms with Crippen LogP contribution in [0.2, 0.25) is 0 Å². The van der Waals surface area contributed by atoms with Crippen molar-refractivity contribution >= 4 is 40.0 Å². The minimum atomic E-state index is -0.843. The number of hydrogen-bond acceptors (Lipinski definition) is 13. The van der Waals surface area contributed by atoms with E-state index in [1.54, 1.807) is 41.8 Å². The van der Waals surface area contributed by atoms with Gasteiger partial charge in [-0.1, -0.05) is 61.5 Å². The third-order valence-electron chi connectivity index (χ3n) is 12.4. The number of fused-ring (bicyclic) bond motifs is 1. The predicted octanol–water partition coefficient (Wildman–Crippen LogP) is 7.84.